The van der Waals surface area contributed by atoms with E-state index < -0.39 is 0 Å². The van der Waals surface area contributed by atoms with Crippen LogP contribution in [0.3, 0.4) is 0 Å². The summed E-state index contributed by atoms with van der Waals surface area (Å²) in [6.45, 7) is 0. The largest absolute Gasteiger partial charge is 0.308 e. The van der Waals surface area contributed by atoms with Crippen LogP contribution in [-0.4, -0.2) is 24.3 Å². The second kappa shape index (κ2) is 1.82. The molecule has 0 unspecified atom stereocenters. The van der Waals surface area contributed by atoms with Gasteiger partial charge >= 0.3 is 0 Å². The number of aromatic amines is 1. The van der Waals surface area contributed by atoms with E-state index in [1.807, 2.05) is 10.6 Å². The first-order valence-corrected chi connectivity index (χ1v) is 3.56. The van der Waals surface area contributed by atoms with Gasteiger partial charge in [0.05, 0.1) is 6.20 Å². The van der Waals surface area contributed by atoms with E-state index in [-0.39, 0.29) is 0 Å². The van der Waals surface area contributed by atoms with Gasteiger partial charge in [0.1, 0.15) is 11.8 Å². The summed E-state index contributed by atoms with van der Waals surface area (Å²) in [5, 5.41) is 0. The Bertz CT molecular complexity index is 534. The molecule has 0 aliphatic rings. The standard InChI is InChI=1S/C7H5N5/c1-2-12-5-3-8-4-10-6(5)11-7(12)9-1/h1-4H,(H,8,9,10,11). The van der Waals surface area contributed by atoms with E-state index in [9.17, 15) is 0 Å². The maximum atomic E-state index is 4.10. The average molecular weight is 159 g/mol. The van der Waals surface area contributed by atoms with Crippen LogP contribution in [0.4, 0.5) is 0 Å². The van der Waals surface area contributed by atoms with Gasteiger partial charge in [0.25, 0.3) is 0 Å². The van der Waals surface area contributed by atoms with Gasteiger partial charge in [-0.25, -0.2) is 15.0 Å². The first-order valence-electron chi connectivity index (χ1n) is 3.56. The van der Waals surface area contributed by atoms with Crippen molar-refractivity contribution in [2.75, 3.05) is 0 Å². The molecule has 3 heterocycles. The minimum atomic E-state index is 0.797. The summed E-state index contributed by atoms with van der Waals surface area (Å²) < 4.78 is 1.91. The molecule has 12 heavy (non-hydrogen) atoms. The Kier molecular flexibility index (Phi) is 0.864. The monoisotopic (exact) mass is 159 g/mol. The van der Waals surface area contributed by atoms with E-state index in [1.54, 1.807) is 12.4 Å². The average Bonchev–Trinajstić information content (AvgIpc) is 2.62. The minimum absolute atomic E-state index is 0.797. The molecule has 0 amide bonds. The third-order valence-corrected chi connectivity index (χ3v) is 1.82. The Morgan fingerprint density at radius 2 is 2.33 bits per heavy atom. The lowest BCUT2D eigenvalue weighted by atomic mass is 10.5. The first kappa shape index (κ1) is 5.70. The summed E-state index contributed by atoms with van der Waals surface area (Å²) >= 11 is 0. The van der Waals surface area contributed by atoms with Crippen molar-refractivity contribution in [3.8, 4) is 0 Å². The molecule has 0 spiro atoms. The smallest absolute Gasteiger partial charge is 0.213 e. The number of nitrogens with one attached hydrogen (secondary N) is 1. The van der Waals surface area contributed by atoms with Crippen LogP contribution in [0.5, 0.6) is 0 Å². The van der Waals surface area contributed by atoms with Gasteiger partial charge in [0, 0.05) is 12.4 Å². The molecule has 0 aliphatic carbocycles. The quantitative estimate of drug-likeness (QED) is 0.522. The summed E-state index contributed by atoms with van der Waals surface area (Å²) in [7, 11) is 0. The van der Waals surface area contributed by atoms with E-state index in [4.69, 9.17) is 0 Å². The number of H-pyrrole nitrogens is 1. The minimum Gasteiger partial charge on any atom is -0.308 e. The molecular formula is C7H5N5. The highest BCUT2D eigenvalue weighted by Crippen LogP contribution is 2.10. The lowest BCUT2D eigenvalue weighted by molar-refractivity contribution is 1.19. The zero-order valence-corrected chi connectivity index (χ0v) is 6.10. The molecule has 3 rings (SSSR count). The van der Waals surface area contributed by atoms with Crippen LogP contribution < -0.4 is 0 Å². The molecule has 0 aliphatic heterocycles. The SMILES string of the molecule is c1ncc2c(n1)[nH]c1nccn12. The highest BCUT2D eigenvalue weighted by molar-refractivity contribution is 5.74. The number of nitrogens with zero attached hydrogens (tertiary/aromatic N) is 4. The summed E-state index contributed by atoms with van der Waals surface area (Å²) in [4.78, 5) is 15.2. The molecule has 3 aromatic heterocycles. The summed E-state index contributed by atoms with van der Waals surface area (Å²) in [5.41, 5.74) is 1.76. The van der Waals surface area contributed by atoms with Crippen molar-refractivity contribution in [2.45, 2.75) is 0 Å². The van der Waals surface area contributed by atoms with Crippen molar-refractivity contribution < 1.29 is 0 Å². The molecule has 0 saturated carbocycles. The van der Waals surface area contributed by atoms with Crippen LogP contribution in [0.2, 0.25) is 0 Å². The van der Waals surface area contributed by atoms with Crippen molar-refractivity contribution in [1.82, 2.24) is 24.3 Å². The first-order chi connectivity index (χ1) is 5.95. The molecule has 0 atom stereocenters. The zero-order valence-electron chi connectivity index (χ0n) is 6.10. The molecule has 1 N–H and O–H groups in total. The predicted molar refractivity (Wildman–Crippen MR) is 42.6 cm³/mol. The lowest BCUT2D eigenvalue weighted by Gasteiger charge is -1.85. The van der Waals surface area contributed by atoms with E-state index in [2.05, 4.69) is 19.9 Å². The Balaban J connectivity index is 2.68. The highest BCUT2D eigenvalue weighted by Gasteiger charge is 2.02. The van der Waals surface area contributed by atoms with Gasteiger partial charge in [-0.1, -0.05) is 0 Å². The molecule has 0 saturated heterocycles. The fourth-order valence-electron chi connectivity index (χ4n) is 1.29. The molecule has 58 valence electrons. The Morgan fingerprint density at radius 3 is 3.33 bits per heavy atom. The van der Waals surface area contributed by atoms with Crippen molar-refractivity contribution in [2.24, 2.45) is 0 Å². The molecule has 0 fully saturated rings. The fraction of sp³-hybridized carbons (Fsp3) is 0. The van der Waals surface area contributed by atoms with Gasteiger partial charge in [-0.3, -0.25) is 4.40 Å². The lowest BCUT2D eigenvalue weighted by Crippen LogP contribution is -1.80. The second-order valence-electron chi connectivity index (χ2n) is 2.50. The maximum Gasteiger partial charge on any atom is 0.213 e. The Hall–Kier alpha value is -1.91. The van der Waals surface area contributed by atoms with Crippen molar-refractivity contribution >= 4 is 16.9 Å². The number of rotatable bonds is 0. The molecule has 0 aromatic carbocycles. The summed E-state index contributed by atoms with van der Waals surface area (Å²) in [6, 6.07) is 0. The normalized spacial score (nSPS) is 11.3. The van der Waals surface area contributed by atoms with E-state index in [1.165, 1.54) is 6.33 Å². The van der Waals surface area contributed by atoms with Crippen molar-refractivity contribution in [1.29, 1.82) is 0 Å². The third-order valence-electron chi connectivity index (χ3n) is 1.82. The number of aromatic nitrogens is 5. The summed E-state index contributed by atoms with van der Waals surface area (Å²) in [5.74, 6) is 0.797. The van der Waals surface area contributed by atoms with Gasteiger partial charge in [0.2, 0.25) is 5.78 Å². The molecular weight excluding hydrogens is 154 g/mol. The highest BCUT2D eigenvalue weighted by atomic mass is 15.1. The van der Waals surface area contributed by atoms with E-state index >= 15 is 0 Å². The predicted octanol–water partition coefficient (Wildman–Crippen LogP) is 0.606. The molecule has 0 bridgehead atoms. The van der Waals surface area contributed by atoms with Gasteiger partial charge < -0.3 is 4.98 Å². The maximum absolute atomic E-state index is 4.10. The van der Waals surface area contributed by atoms with Gasteiger partial charge in [-0.15, -0.1) is 0 Å². The molecule has 0 radical (unpaired) electrons. The Labute approximate surface area is 67.1 Å². The zero-order chi connectivity index (χ0) is 7.97. The molecule has 5 heteroatoms. The van der Waals surface area contributed by atoms with E-state index in [0.717, 1.165) is 16.9 Å². The van der Waals surface area contributed by atoms with Crippen molar-refractivity contribution in [3.63, 3.8) is 0 Å². The van der Waals surface area contributed by atoms with Crippen LogP contribution in [0.15, 0.2) is 24.9 Å². The number of imidazole rings is 2. The third kappa shape index (κ3) is 0.554. The number of hydrogen-bond donors (Lipinski definition) is 1. The van der Waals surface area contributed by atoms with Gasteiger partial charge in [-0.05, 0) is 0 Å². The number of hydrogen-bond acceptors (Lipinski definition) is 3. The van der Waals surface area contributed by atoms with E-state index in [0.29, 0.717) is 0 Å². The fourth-order valence-corrected chi connectivity index (χ4v) is 1.29. The Morgan fingerprint density at radius 1 is 1.33 bits per heavy atom. The van der Waals surface area contributed by atoms with Crippen LogP contribution in [-0.2, 0) is 0 Å². The van der Waals surface area contributed by atoms with Crippen LogP contribution in [0.1, 0.15) is 0 Å². The van der Waals surface area contributed by atoms with Crippen LogP contribution in [0, 0.1) is 0 Å². The molecule has 3 aromatic rings. The van der Waals surface area contributed by atoms with Crippen LogP contribution in [0.25, 0.3) is 16.9 Å². The molecule has 5 nitrogen and oxygen atoms in total. The van der Waals surface area contributed by atoms with Crippen molar-refractivity contribution in [3.05, 3.63) is 24.9 Å². The van der Waals surface area contributed by atoms with Gasteiger partial charge in [0.15, 0.2) is 5.65 Å². The van der Waals surface area contributed by atoms with Crippen LogP contribution >= 0.6 is 0 Å². The second-order valence-corrected chi connectivity index (χ2v) is 2.50. The summed E-state index contributed by atoms with van der Waals surface area (Å²) in [6.07, 6.45) is 6.88. The topological polar surface area (TPSA) is 58.9 Å². The van der Waals surface area contributed by atoms with Gasteiger partial charge in [-0.2, -0.15) is 0 Å². The number of fused-ring (bicyclic) bond motifs is 3.